The van der Waals surface area contributed by atoms with Crippen molar-refractivity contribution in [1.82, 2.24) is 9.62 Å². The molecule has 0 aromatic rings. The fourth-order valence-corrected chi connectivity index (χ4v) is 2.27. The molecule has 0 aliphatic rings. The molecule has 0 heterocycles. The van der Waals surface area contributed by atoms with Crippen LogP contribution in [-0.4, -0.2) is 45.2 Å². The summed E-state index contributed by atoms with van der Waals surface area (Å²) < 4.78 is 24.0. The van der Waals surface area contributed by atoms with Crippen LogP contribution in [0.25, 0.3) is 0 Å². The molecule has 0 aromatic carbocycles. The van der Waals surface area contributed by atoms with Crippen molar-refractivity contribution in [3.8, 4) is 11.8 Å². The second-order valence-corrected chi connectivity index (χ2v) is 5.52. The van der Waals surface area contributed by atoms with Crippen molar-refractivity contribution in [2.45, 2.75) is 26.7 Å². The third kappa shape index (κ3) is 7.69. The minimum Gasteiger partial charge on any atom is -0.316 e. The van der Waals surface area contributed by atoms with Crippen LogP contribution in [0.5, 0.6) is 0 Å². The van der Waals surface area contributed by atoms with Crippen LogP contribution in [0.4, 0.5) is 0 Å². The lowest BCUT2D eigenvalue weighted by molar-refractivity contribution is 0.420. The average molecular weight is 246 g/mol. The van der Waals surface area contributed by atoms with Gasteiger partial charge in [0, 0.05) is 26.1 Å². The van der Waals surface area contributed by atoms with Gasteiger partial charge in [0.25, 0.3) is 0 Å². The zero-order chi connectivity index (χ0) is 12.4. The first-order valence-electron chi connectivity index (χ1n) is 5.57. The average Bonchev–Trinajstić information content (AvgIpc) is 2.20. The lowest BCUT2D eigenvalue weighted by Gasteiger charge is -2.17. The third-order valence-corrected chi connectivity index (χ3v) is 3.57. The van der Waals surface area contributed by atoms with Gasteiger partial charge in [0.2, 0.25) is 10.0 Å². The van der Waals surface area contributed by atoms with E-state index in [0.717, 1.165) is 25.9 Å². The molecule has 4 nitrogen and oxygen atoms in total. The van der Waals surface area contributed by atoms with Crippen molar-refractivity contribution in [2.24, 2.45) is 0 Å². The van der Waals surface area contributed by atoms with E-state index in [1.54, 1.807) is 0 Å². The predicted molar refractivity (Wildman–Crippen MR) is 67.6 cm³/mol. The van der Waals surface area contributed by atoms with Gasteiger partial charge in [-0.25, -0.2) is 12.7 Å². The molecule has 5 heteroatoms. The van der Waals surface area contributed by atoms with E-state index >= 15 is 0 Å². The van der Waals surface area contributed by atoms with Gasteiger partial charge in [0.1, 0.15) is 0 Å². The van der Waals surface area contributed by atoms with E-state index in [0.29, 0.717) is 13.1 Å². The topological polar surface area (TPSA) is 49.4 Å². The highest BCUT2D eigenvalue weighted by Crippen LogP contribution is 1.97. The fraction of sp³-hybridized carbons (Fsp3) is 0.818. The van der Waals surface area contributed by atoms with Gasteiger partial charge >= 0.3 is 0 Å². The Morgan fingerprint density at radius 2 is 2.00 bits per heavy atom. The largest absolute Gasteiger partial charge is 0.316 e. The maximum absolute atomic E-state index is 11.3. The summed E-state index contributed by atoms with van der Waals surface area (Å²) in [7, 11) is -3.03. The highest BCUT2D eigenvalue weighted by atomic mass is 32.2. The van der Waals surface area contributed by atoms with Crippen LogP contribution in [0.15, 0.2) is 0 Å². The standard InChI is InChI=1S/C11H22N2O2S/c1-4-6-7-9-12-10-8-11-13(5-2)16(3,14)15/h12H,5,7-11H2,1-3H3. The lowest BCUT2D eigenvalue weighted by atomic mass is 10.4. The summed E-state index contributed by atoms with van der Waals surface area (Å²) in [6, 6.07) is 0. The molecule has 0 bridgehead atoms. The van der Waals surface area contributed by atoms with E-state index in [1.165, 1.54) is 10.6 Å². The maximum Gasteiger partial charge on any atom is 0.211 e. The first-order chi connectivity index (χ1) is 7.52. The highest BCUT2D eigenvalue weighted by Gasteiger charge is 2.12. The zero-order valence-electron chi connectivity index (χ0n) is 10.4. The quantitative estimate of drug-likeness (QED) is 0.505. The van der Waals surface area contributed by atoms with Crippen molar-refractivity contribution in [2.75, 3.05) is 32.4 Å². The van der Waals surface area contributed by atoms with Gasteiger partial charge < -0.3 is 5.32 Å². The van der Waals surface area contributed by atoms with Gasteiger partial charge in [-0.05, 0) is 19.9 Å². The molecule has 1 N–H and O–H groups in total. The Labute approximate surface area is 99.5 Å². The number of nitrogens with zero attached hydrogens (tertiary/aromatic N) is 1. The highest BCUT2D eigenvalue weighted by molar-refractivity contribution is 7.88. The van der Waals surface area contributed by atoms with E-state index in [1.807, 2.05) is 13.8 Å². The van der Waals surface area contributed by atoms with E-state index in [-0.39, 0.29) is 0 Å². The summed E-state index contributed by atoms with van der Waals surface area (Å²) in [4.78, 5) is 0. The number of hydrogen-bond donors (Lipinski definition) is 1. The second-order valence-electron chi connectivity index (χ2n) is 3.53. The molecule has 0 aromatic heterocycles. The first-order valence-corrected chi connectivity index (χ1v) is 7.42. The molecule has 0 rings (SSSR count). The smallest absolute Gasteiger partial charge is 0.211 e. The molecule has 0 spiro atoms. The number of hydrogen-bond acceptors (Lipinski definition) is 3. The van der Waals surface area contributed by atoms with Crippen LogP contribution >= 0.6 is 0 Å². The summed E-state index contributed by atoms with van der Waals surface area (Å²) >= 11 is 0. The summed E-state index contributed by atoms with van der Waals surface area (Å²) in [6.07, 6.45) is 2.93. The van der Waals surface area contributed by atoms with Gasteiger partial charge in [-0.1, -0.05) is 6.92 Å². The van der Waals surface area contributed by atoms with Gasteiger partial charge in [0.15, 0.2) is 0 Å². The molecule has 0 unspecified atom stereocenters. The molecular formula is C11H22N2O2S. The van der Waals surface area contributed by atoms with Crippen LogP contribution in [0.2, 0.25) is 0 Å². The fourth-order valence-electron chi connectivity index (χ4n) is 1.34. The Kier molecular flexibility index (Phi) is 8.26. The van der Waals surface area contributed by atoms with Crippen molar-refractivity contribution in [3.63, 3.8) is 0 Å². The number of rotatable bonds is 8. The SMILES string of the molecule is CC#CCCNCCCN(CC)S(C)(=O)=O. The number of nitrogens with one attached hydrogen (secondary N) is 1. The molecule has 0 aliphatic carbocycles. The monoisotopic (exact) mass is 246 g/mol. The molecule has 0 amide bonds. The summed E-state index contributed by atoms with van der Waals surface area (Å²) in [5.41, 5.74) is 0. The Bertz CT molecular complexity index is 328. The molecule has 16 heavy (non-hydrogen) atoms. The molecule has 94 valence electrons. The second kappa shape index (κ2) is 8.57. The summed E-state index contributed by atoms with van der Waals surface area (Å²) in [5, 5.41) is 3.23. The predicted octanol–water partition coefficient (Wildman–Crippen LogP) is 0.661. The van der Waals surface area contributed by atoms with Crippen LogP contribution in [0.1, 0.15) is 26.7 Å². The van der Waals surface area contributed by atoms with Crippen molar-refractivity contribution < 1.29 is 8.42 Å². The molecule has 0 fully saturated rings. The van der Waals surface area contributed by atoms with E-state index in [4.69, 9.17) is 0 Å². The minimum absolute atomic E-state index is 0.542. The molecule has 0 saturated heterocycles. The van der Waals surface area contributed by atoms with E-state index in [9.17, 15) is 8.42 Å². The van der Waals surface area contributed by atoms with Gasteiger partial charge in [0.05, 0.1) is 6.26 Å². The van der Waals surface area contributed by atoms with E-state index < -0.39 is 10.0 Å². The molecule has 0 saturated carbocycles. The summed E-state index contributed by atoms with van der Waals surface area (Å²) in [6.45, 7) is 6.50. The maximum atomic E-state index is 11.3. The van der Waals surface area contributed by atoms with Gasteiger partial charge in [-0.2, -0.15) is 0 Å². The minimum atomic E-state index is -3.03. The van der Waals surface area contributed by atoms with Crippen LogP contribution in [0.3, 0.4) is 0 Å². The zero-order valence-corrected chi connectivity index (χ0v) is 11.2. The lowest BCUT2D eigenvalue weighted by Crippen LogP contribution is -2.32. The number of sulfonamides is 1. The third-order valence-electron chi connectivity index (χ3n) is 2.19. The van der Waals surface area contributed by atoms with Crippen LogP contribution < -0.4 is 5.32 Å². The molecule has 0 atom stereocenters. The Morgan fingerprint density at radius 3 is 2.50 bits per heavy atom. The molecule has 0 radical (unpaired) electrons. The van der Waals surface area contributed by atoms with Crippen molar-refractivity contribution in [1.29, 1.82) is 0 Å². The normalized spacial score (nSPS) is 11.2. The Hall–Kier alpha value is -0.570. The van der Waals surface area contributed by atoms with Crippen LogP contribution in [-0.2, 0) is 10.0 Å². The first kappa shape index (κ1) is 15.4. The van der Waals surface area contributed by atoms with Crippen molar-refractivity contribution >= 4 is 10.0 Å². The molecular weight excluding hydrogens is 224 g/mol. The Balaban J connectivity index is 3.60. The van der Waals surface area contributed by atoms with Gasteiger partial charge in [-0.3, -0.25) is 0 Å². The Morgan fingerprint density at radius 1 is 1.31 bits per heavy atom. The van der Waals surface area contributed by atoms with Crippen molar-refractivity contribution in [3.05, 3.63) is 0 Å². The van der Waals surface area contributed by atoms with Crippen LogP contribution in [0, 0.1) is 11.8 Å². The molecule has 0 aliphatic heterocycles. The summed E-state index contributed by atoms with van der Waals surface area (Å²) in [5.74, 6) is 5.79. The van der Waals surface area contributed by atoms with E-state index in [2.05, 4.69) is 17.2 Å². The van der Waals surface area contributed by atoms with Gasteiger partial charge in [-0.15, -0.1) is 11.8 Å².